The third-order valence-electron chi connectivity index (χ3n) is 5.86. The molecule has 0 spiro atoms. The highest BCUT2D eigenvalue weighted by atomic mass is 32.1. The number of nitrogens with zero attached hydrogens (tertiary/aromatic N) is 2. The average molecular weight is 474 g/mol. The molecule has 0 saturated heterocycles. The molecule has 0 bridgehead atoms. The van der Waals surface area contributed by atoms with Crippen molar-refractivity contribution < 1.29 is 14.3 Å². The number of H-pyrrole nitrogens is 1. The molecule has 1 aliphatic heterocycles. The molecule has 0 aliphatic carbocycles. The van der Waals surface area contributed by atoms with Crippen LogP contribution in [0.1, 0.15) is 31.0 Å². The van der Waals surface area contributed by atoms with Gasteiger partial charge in [0.05, 0.1) is 35.6 Å². The molecular formula is C26H23N3O4S. The van der Waals surface area contributed by atoms with Gasteiger partial charge in [0, 0.05) is 22.7 Å². The van der Waals surface area contributed by atoms with Gasteiger partial charge in [-0.15, -0.1) is 0 Å². The highest BCUT2D eigenvalue weighted by molar-refractivity contribution is 7.07. The fraction of sp³-hybridized carbons (Fsp3) is 0.192. The van der Waals surface area contributed by atoms with E-state index >= 15 is 0 Å². The summed E-state index contributed by atoms with van der Waals surface area (Å²) in [5.41, 5.74) is 3.39. The van der Waals surface area contributed by atoms with E-state index in [9.17, 15) is 9.59 Å². The number of hydrogen-bond acceptors (Lipinski definition) is 6. The Labute approximate surface area is 199 Å². The highest BCUT2D eigenvalue weighted by Crippen LogP contribution is 2.31. The Morgan fingerprint density at radius 1 is 1.21 bits per heavy atom. The molecule has 0 radical (unpaired) electrons. The van der Waals surface area contributed by atoms with Crippen molar-refractivity contribution in [2.45, 2.75) is 19.9 Å². The van der Waals surface area contributed by atoms with E-state index in [-0.39, 0.29) is 12.2 Å². The summed E-state index contributed by atoms with van der Waals surface area (Å²) in [6.07, 6.45) is 3.76. The van der Waals surface area contributed by atoms with Crippen molar-refractivity contribution in [2.24, 2.45) is 4.99 Å². The molecule has 172 valence electrons. The Balaban J connectivity index is 1.73. The largest absolute Gasteiger partial charge is 0.497 e. The van der Waals surface area contributed by atoms with Gasteiger partial charge in [-0.25, -0.2) is 9.79 Å². The monoisotopic (exact) mass is 473 g/mol. The van der Waals surface area contributed by atoms with E-state index in [1.54, 1.807) is 25.5 Å². The van der Waals surface area contributed by atoms with Crippen LogP contribution in [0.2, 0.25) is 0 Å². The van der Waals surface area contributed by atoms with Crippen LogP contribution in [-0.4, -0.2) is 29.2 Å². The van der Waals surface area contributed by atoms with E-state index < -0.39 is 12.0 Å². The number of esters is 1. The molecule has 1 atom stereocenters. The first-order valence-electron chi connectivity index (χ1n) is 10.9. The zero-order valence-corrected chi connectivity index (χ0v) is 19.8. The second kappa shape index (κ2) is 8.79. The summed E-state index contributed by atoms with van der Waals surface area (Å²) in [5, 5.41) is 1.03. The van der Waals surface area contributed by atoms with Gasteiger partial charge in [0.15, 0.2) is 4.80 Å². The van der Waals surface area contributed by atoms with Gasteiger partial charge in [0.2, 0.25) is 0 Å². The summed E-state index contributed by atoms with van der Waals surface area (Å²) < 4.78 is 12.8. The molecule has 0 saturated carbocycles. The molecular weight excluding hydrogens is 450 g/mol. The maximum absolute atomic E-state index is 13.7. The smallest absolute Gasteiger partial charge is 0.338 e. The van der Waals surface area contributed by atoms with Gasteiger partial charge in [-0.05, 0) is 43.7 Å². The molecule has 8 heteroatoms. The standard InChI is InChI=1S/C26H23N3O4S/c1-4-33-25(31)22-15(2)28-26-29(23(22)16-9-11-18(32-3)12-10-16)24(30)21(34-26)13-17-14-27-20-8-6-5-7-19(17)20/h5-14,23,27H,4H2,1-3H3/b21-13-/t23-/m1/s1. The van der Waals surface area contributed by atoms with Gasteiger partial charge in [0.25, 0.3) is 5.56 Å². The normalized spacial score (nSPS) is 15.9. The van der Waals surface area contributed by atoms with Crippen LogP contribution in [0.25, 0.3) is 17.0 Å². The van der Waals surface area contributed by atoms with E-state index in [1.165, 1.54) is 11.3 Å². The van der Waals surface area contributed by atoms with E-state index in [0.29, 0.717) is 26.4 Å². The molecule has 3 heterocycles. The number of thiazole rings is 1. The van der Waals surface area contributed by atoms with Crippen molar-refractivity contribution in [1.82, 2.24) is 9.55 Å². The molecule has 1 N–H and O–H groups in total. The number of fused-ring (bicyclic) bond motifs is 2. The van der Waals surface area contributed by atoms with Crippen LogP contribution in [0.4, 0.5) is 0 Å². The third-order valence-corrected chi connectivity index (χ3v) is 6.84. The van der Waals surface area contributed by atoms with Crippen molar-refractivity contribution in [3.63, 3.8) is 0 Å². The molecule has 0 fully saturated rings. The summed E-state index contributed by atoms with van der Waals surface area (Å²) >= 11 is 1.31. The third kappa shape index (κ3) is 3.66. The van der Waals surface area contributed by atoms with Gasteiger partial charge in [-0.3, -0.25) is 9.36 Å². The van der Waals surface area contributed by atoms with Gasteiger partial charge < -0.3 is 14.5 Å². The lowest BCUT2D eigenvalue weighted by atomic mass is 9.96. The average Bonchev–Trinajstić information content (AvgIpc) is 3.39. The molecule has 2 aromatic carbocycles. The molecule has 34 heavy (non-hydrogen) atoms. The number of benzene rings is 2. The maximum Gasteiger partial charge on any atom is 0.338 e. The molecule has 0 amide bonds. The first kappa shape index (κ1) is 21.9. The number of aromatic amines is 1. The van der Waals surface area contributed by atoms with Crippen LogP contribution in [0.15, 0.2) is 75.8 Å². The van der Waals surface area contributed by atoms with Gasteiger partial charge >= 0.3 is 5.97 Å². The summed E-state index contributed by atoms with van der Waals surface area (Å²) in [6, 6.07) is 14.6. The number of ether oxygens (including phenoxy) is 2. The van der Waals surface area contributed by atoms with Crippen LogP contribution in [0.5, 0.6) is 5.75 Å². The number of hydrogen-bond donors (Lipinski definition) is 1. The Morgan fingerprint density at radius 2 is 1.97 bits per heavy atom. The zero-order chi connectivity index (χ0) is 23.8. The van der Waals surface area contributed by atoms with E-state index in [2.05, 4.69) is 9.98 Å². The Kier molecular flexibility index (Phi) is 5.67. The van der Waals surface area contributed by atoms with E-state index in [4.69, 9.17) is 9.47 Å². The van der Waals surface area contributed by atoms with Crippen LogP contribution in [0, 0.1) is 0 Å². The summed E-state index contributed by atoms with van der Waals surface area (Å²) in [5.74, 6) is 0.212. The number of nitrogens with one attached hydrogen (secondary N) is 1. The van der Waals surface area contributed by atoms with Crippen LogP contribution < -0.4 is 19.6 Å². The minimum atomic E-state index is -0.647. The van der Waals surface area contributed by atoms with Gasteiger partial charge in [-0.2, -0.15) is 0 Å². The molecule has 4 aromatic rings. The Morgan fingerprint density at radius 3 is 2.71 bits per heavy atom. The van der Waals surface area contributed by atoms with Crippen molar-refractivity contribution in [3.8, 4) is 5.75 Å². The topological polar surface area (TPSA) is 85.7 Å². The van der Waals surface area contributed by atoms with Crippen LogP contribution >= 0.6 is 11.3 Å². The van der Waals surface area contributed by atoms with Crippen molar-refractivity contribution >= 4 is 34.3 Å². The minimum absolute atomic E-state index is 0.204. The molecule has 5 rings (SSSR count). The molecule has 1 aliphatic rings. The predicted molar refractivity (Wildman–Crippen MR) is 132 cm³/mol. The lowest BCUT2D eigenvalue weighted by molar-refractivity contribution is -0.139. The van der Waals surface area contributed by atoms with Gasteiger partial charge in [-0.1, -0.05) is 41.7 Å². The SMILES string of the molecule is CCOC(=O)C1=C(C)N=c2s/c(=C\c3c[nH]c4ccccc34)c(=O)n2[C@@H]1c1ccc(OC)cc1. The van der Waals surface area contributed by atoms with Crippen molar-refractivity contribution in [3.05, 3.63) is 96.8 Å². The van der Waals surface area contributed by atoms with Crippen molar-refractivity contribution in [1.29, 1.82) is 0 Å². The Bertz CT molecular complexity index is 1610. The first-order valence-corrected chi connectivity index (χ1v) is 11.7. The quantitative estimate of drug-likeness (QED) is 0.451. The van der Waals surface area contributed by atoms with Crippen LogP contribution in [-0.2, 0) is 9.53 Å². The lowest BCUT2D eigenvalue weighted by Gasteiger charge is -2.24. The fourth-order valence-electron chi connectivity index (χ4n) is 4.25. The number of carbonyl (C=O) groups is 1. The molecule has 0 unspecified atom stereocenters. The van der Waals surface area contributed by atoms with Gasteiger partial charge in [0.1, 0.15) is 5.75 Å². The summed E-state index contributed by atoms with van der Waals surface area (Å²) in [7, 11) is 1.59. The van der Waals surface area contributed by atoms with E-state index in [1.807, 2.05) is 60.8 Å². The minimum Gasteiger partial charge on any atom is -0.497 e. The lowest BCUT2D eigenvalue weighted by Crippen LogP contribution is -2.39. The van der Waals surface area contributed by atoms with Crippen molar-refractivity contribution in [2.75, 3.05) is 13.7 Å². The number of allylic oxidation sites excluding steroid dienone is 1. The second-order valence-corrected chi connectivity index (χ2v) is 8.87. The summed E-state index contributed by atoms with van der Waals surface area (Å²) in [6.45, 7) is 3.77. The Hall–Kier alpha value is -3.91. The highest BCUT2D eigenvalue weighted by Gasteiger charge is 2.33. The predicted octanol–water partition coefficient (Wildman–Crippen LogP) is 3.29. The number of aromatic nitrogens is 2. The number of methoxy groups -OCH3 is 1. The fourth-order valence-corrected chi connectivity index (χ4v) is 5.29. The maximum atomic E-state index is 13.7. The second-order valence-electron chi connectivity index (χ2n) is 7.87. The zero-order valence-electron chi connectivity index (χ0n) is 19.0. The first-order chi connectivity index (χ1) is 16.5. The van der Waals surface area contributed by atoms with Crippen LogP contribution in [0.3, 0.4) is 0 Å². The number of rotatable bonds is 5. The summed E-state index contributed by atoms with van der Waals surface area (Å²) in [4.78, 5) is 35.0. The molecule has 7 nitrogen and oxygen atoms in total. The van der Waals surface area contributed by atoms with E-state index in [0.717, 1.165) is 22.0 Å². The number of carbonyl (C=O) groups excluding carboxylic acids is 1. The molecule has 2 aromatic heterocycles. The number of para-hydroxylation sites is 1.